The molecule has 3 aromatic rings. The molecular weight excluding hydrogens is 428 g/mol. The molecule has 8 heteroatoms. The number of carbonyl (C=O) groups excluding carboxylic acids is 3. The maximum absolute atomic E-state index is 12.9. The third-order valence-corrected chi connectivity index (χ3v) is 5.55. The van der Waals surface area contributed by atoms with Crippen molar-refractivity contribution in [2.45, 2.75) is 27.7 Å². The van der Waals surface area contributed by atoms with Gasteiger partial charge in [-0.15, -0.1) is 0 Å². The van der Waals surface area contributed by atoms with Crippen LogP contribution < -0.4 is 5.32 Å². The molecule has 0 fully saturated rings. The minimum atomic E-state index is -0.803. The van der Waals surface area contributed by atoms with Crippen LogP contribution in [0.4, 0.5) is 5.69 Å². The molecule has 0 spiro atoms. The zero-order chi connectivity index (χ0) is 23.4. The number of aromatic nitrogens is 2. The van der Waals surface area contributed by atoms with Crippen LogP contribution in [0.3, 0.4) is 0 Å². The highest BCUT2D eigenvalue weighted by molar-refractivity contribution is 6.47. The van der Waals surface area contributed by atoms with Crippen molar-refractivity contribution in [3.8, 4) is 5.69 Å². The monoisotopic (exact) mass is 452 g/mol. The number of Topliss-reactive ketones (excluding diaryl/α,β-unsaturated/α-hetero) is 1. The molecule has 0 radical (unpaired) electrons. The van der Waals surface area contributed by atoms with Gasteiger partial charge in [0.15, 0.2) is 0 Å². The summed E-state index contributed by atoms with van der Waals surface area (Å²) in [5, 5.41) is 7.20. The first-order valence-corrected chi connectivity index (χ1v) is 10.7. The van der Waals surface area contributed by atoms with Gasteiger partial charge in [0, 0.05) is 18.8 Å². The smallest absolute Gasteiger partial charge is 0.296 e. The van der Waals surface area contributed by atoms with E-state index in [9.17, 15) is 14.4 Å². The molecule has 32 heavy (non-hydrogen) atoms. The number of ketones is 1. The second-order valence-electron chi connectivity index (χ2n) is 7.25. The molecule has 0 aliphatic carbocycles. The number of amides is 2. The summed E-state index contributed by atoms with van der Waals surface area (Å²) in [6, 6.07) is 14.0. The van der Waals surface area contributed by atoms with Gasteiger partial charge >= 0.3 is 0 Å². The van der Waals surface area contributed by atoms with E-state index in [-0.39, 0.29) is 16.5 Å². The van der Waals surface area contributed by atoms with Gasteiger partial charge in [0.1, 0.15) is 0 Å². The van der Waals surface area contributed by atoms with Crippen molar-refractivity contribution in [1.82, 2.24) is 14.7 Å². The van der Waals surface area contributed by atoms with Crippen LogP contribution in [0.15, 0.2) is 48.5 Å². The molecule has 1 aromatic heterocycles. The van der Waals surface area contributed by atoms with Crippen molar-refractivity contribution in [3.63, 3.8) is 0 Å². The highest BCUT2D eigenvalue weighted by Gasteiger charge is 2.25. The van der Waals surface area contributed by atoms with Crippen LogP contribution in [0.1, 0.15) is 46.0 Å². The van der Waals surface area contributed by atoms with Gasteiger partial charge in [0.2, 0.25) is 0 Å². The van der Waals surface area contributed by atoms with E-state index in [1.54, 1.807) is 35.6 Å². The molecule has 0 saturated carbocycles. The SMILES string of the molecule is CCN(CC)C(=O)c1ccc(NC(=O)C(=O)c2c(C)nn(-c3ccccc3)c2C)cc1Cl. The number of para-hydroxylation sites is 1. The summed E-state index contributed by atoms with van der Waals surface area (Å²) >= 11 is 6.29. The third-order valence-electron chi connectivity index (χ3n) is 5.23. The van der Waals surface area contributed by atoms with Gasteiger partial charge in [-0.3, -0.25) is 14.4 Å². The van der Waals surface area contributed by atoms with Crippen LogP contribution in [-0.4, -0.2) is 45.4 Å². The Labute approximate surface area is 192 Å². The van der Waals surface area contributed by atoms with Gasteiger partial charge in [0.05, 0.1) is 33.2 Å². The minimum absolute atomic E-state index is 0.187. The fourth-order valence-corrected chi connectivity index (χ4v) is 3.80. The zero-order valence-corrected chi connectivity index (χ0v) is 19.2. The van der Waals surface area contributed by atoms with Crippen molar-refractivity contribution in [2.24, 2.45) is 0 Å². The molecule has 0 saturated heterocycles. The Morgan fingerprint density at radius 3 is 2.28 bits per heavy atom. The molecule has 0 atom stereocenters. The van der Waals surface area contributed by atoms with E-state index in [2.05, 4.69) is 10.4 Å². The predicted octanol–water partition coefficient (Wildman–Crippen LogP) is 4.45. The number of carbonyl (C=O) groups is 3. The van der Waals surface area contributed by atoms with Crippen molar-refractivity contribution >= 4 is 34.9 Å². The number of nitrogens with one attached hydrogen (secondary N) is 1. The second-order valence-corrected chi connectivity index (χ2v) is 7.66. The number of nitrogens with zero attached hydrogens (tertiary/aromatic N) is 3. The molecule has 3 rings (SSSR count). The molecule has 166 valence electrons. The number of hydrogen-bond acceptors (Lipinski definition) is 4. The zero-order valence-electron chi connectivity index (χ0n) is 18.5. The van der Waals surface area contributed by atoms with E-state index < -0.39 is 11.7 Å². The minimum Gasteiger partial charge on any atom is -0.339 e. The molecule has 0 bridgehead atoms. The predicted molar refractivity (Wildman–Crippen MR) is 125 cm³/mol. The van der Waals surface area contributed by atoms with Crippen LogP contribution in [0.25, 0.3) is 5.69 Å². The van der Waals surface area contributed by atoms with Gasteiger partial charge in [-0.1, -0.05) is 29.8 Å². The summed E-state index contributed by atoms with van der Waals surface area (Å²) in [7, 11) is 0. The topological polar surface area (TPSA) is 84.3 Å². The molecular formula is C24H25ClN4O3. The van der Waals surface area contributed by atoms with Gasteiger partial charge in [-0.25, -0.2) is 4.68 Å². The first kappa shape index (κ1) is 23.2. The fraction of sp³-hybridized carbons (Fsp3) is 0.250. The molecule has 0 aliphatic heterocycles. The lowest BCUT2D eigenvalue weighted by Gasteiger charge is -2.19. The van der Waals surface area contributed by atoms with Crippen LogP contribution >= 0.6 is 11.6 Å². The van der Waals surface area contributed by atoms with E-state index in [4.69, 9.17) is 11.6 Å². The number of rotatable bonds is 7. The van der Waals surface area contributed by atoms with Crippen LogP contribution in [0.2, 0.25) is 5.02 Å². The molecule has 0 unspecified atom stereocenters. The summed E-state index contributed by atoms with van der Waals surface area (Å²) in [6.07, 6.45) is 0. The molecule has 1 N–H and O–H groups in total. The van der Waals surface area contributed by atoms with Crippen molar-refractivity contribution in [2.75, 3.05) is 18.4 Å². The van der Waals surface area contributed by atoms with Crippen molar-refractivity contribution in [3.05, 3.63) is 76.1 Å². The molecule has 1 heterocycles. The molecule has 2 aromatic carbocycles. The Morgan fingerprint density at radius 1 is 1.03 bits per heavy atom. The van der Waals surface area contributed by atoms with E-state index in [1.165, 1.54) is 6.07 Å². The fourth-order valence-electron chi connectivity index (χ4n) is 3.54. The van der Waals surface area contributed by atoms with E-state index in [0.717, 1.165) is 5.69 Å². The average Bonchev–Trinajstić information content (AvgIpc) is 3.08. The normalized spacial score (nSPS) is 10.7. The Balaban J connectivity index is 1.81. The van der Waals surface area contributed by atoms with Crippen LogP contribution in [0, 0.1) is 13.8 Å². The van der Waals surface area contributed by atoms with Gasteiger partial charge in [-0.2, -0.15) is 5.10 Å². The maximum Gasteiger partial charge on any atom is 0.296 e. The second kappa shape index (κ2) is 9.78. The molecule has 7 nitrogen and oxygen atoms in total. The average molecular weight is 453 g/mol. The summed E-state index contributed by atoms with van der Waals surface area (Å²) in [5.74, 6) is -1.68. The Hall–Kier alpha value is -3.45. The maximum atomic E-state index is 12.9. The Morgan fingerprint density at radius 2 is 1.69 bits per heavy atom. The number of benzene rings is 2. The highest BCUT2D eigenvalue weighted by Crippen LogP contribution is 2.24. The molecule has 2 amide bonds. The van der Waals surface area contributed by atoms with E-state index >= 15 is 0 Å². The van der Waals surface area contributed by atoms with E-state index in [0.29, 0.717) is 35.7 Å². The Kier molecular flexibility index (Phi) is 7.10. The summed E-state index contributed by atoms with van der Waals surface area (Å²) in [6.45, 7) is 8.34. The first-order chi connectivity index (χ1) is 15.3. The van der Waals surface area contributed by atoms with Gasteiger partial charge in [-0.05, 0) is 58.0 Å². The number of hydrogen-bond donors (Lipinski definition) is 1. The van der Waals surface area contributed by atoms with Crippen LogP contribution in [0.5, 0.6) is 0 Å². The summed E-state index contributed by atoms with van der Waals surface area (Å²) < 4.78 is 1.64. The summed E-state index contributed by atoms with van der Waals surface area (Å²) in [4.78, 5) is 39.8. The summed E-state index contributed by atoms with van der Waals surface area (Å²) in [5.41, 5.74) is 2.76. The standard InChI is InChI=1S/C24H25ClN4O3/c1-5-28(6-2)24(32)19-13-12-17(14-20(19)25)26-23(31)22(30)21-15(3)27-29(16(21)4)18-10-8-7-9-11-18/h7-14H,5-6H2,1-4H3,(H,26,31). The van der Waals surface area contributed by atoms with Crippen LogP contribution in [-0.2, 0) is 4.79 Å². The third kappa shape index (κ3) is 4.57. The largest absolute Gasteiger partial charge is 0.339 e. The lowest BCUT2D eigenvalue weighted by molar-refractivity contribution is -0.112. The quantitative estimate of drug-likeness (QED) is 0.424. The van der Waals surface area contributed by atoms with Gasteiger partial charge < -0.3 is 10.2 Å². The first-order valence-electron chi connectivity index (χ1n) is 10.3. The van der Waals surface area contributed by atoms with E-state index in [1.807, 2.05) is 44.2 Å². The van der Waals surface area contributed by atoms with Crippen molar-refractivity contribution in [1.29, 1.82) is 0 Å². The number of halogens is 1. The lowest BCUT2D eigenvalue weighted by Crippen LogP contribution is -2.30. The highest BCUT2D eigenvalue weighted by atomic mass is 35.5. The van der Waals surface area contributed by atoms with Gasteiger partial charge in [0.25, 0.3) is 17.6 Å². The molecule has 0 aliphatic rings. The number of aryl methyl sites for hydroxylation is 1. The number of anilines is 1. The van der Waals surface area contributed by atoms with Crippen molar-refractivity contribution < 1.29 is 14.4 Å². The lowest BCUT2D eigenvalue weighted by atomic mass is 10.1. The Bertz CT molecular complexity index is 1170.